The number of rotatable bonds is 7. The Labute approximate surface area is 132 Å². The molecule has 22 heavy (non-hydrogen) atoms. The molecule has 0 saturated carbocycles. The molecular weight excluding hydrogens is 274 g/mol. The van der Waals surface area contributed by atoms with Gasteiger partial charge in [-0.15, -0.1) is 0 Å². The number of carbonyl (C=O) groups is 1. The molecular formula is C19H23NO2. The van der Waals surface area contributed by atoms with Gasteiger partial charge in [-0.3, -0.25) is 4.79 Å². The van der Waals surface area contributed by atoms with Gasteiger partial charge in [-0.25, -0.2) is 0 Å². The first-order valence-electron chi connectivity index (χ1n) is 7.80. The van der Waals surface area contributed by atoms with Gasteiger partial charge < -0.3 is 10.1 Å². The van der Waals surface area contributed by atoms with Crippen molar-refractivity contribution in [3.8, 4) is 5.75 Å². The van der Waals surface area contributed by atoms with E-state index in [0.29, 0.717) is 12.2 Å². The Bertz CT molecular complexity index is 574. The van der Waals surface area contributed by atoms with Crippen molar-refractivity contribution < 1.29 is 9.53 Å². The Balaban J connectivity index is 1.91. The Hall–Kier alpha value is -2.29. The molecule has 2 rings (SSSR count). The molecule has 0 aliphatic heterocycles. The first-order valence-corrected chi connectivity index (χ1v) is 7.80. The van der Waals surface area contributed by atoms with Crippen LogP contribution in [0.3, 0.4) is 0 Å². The van der Waals surface area contributed by atoms with Crippen LogP contribution in [0.25, 0.3) is 0 Å². The molecule has 0 atom stereocenters. The maximum Gasteiger partial charge on any atom is 0.251 e. The molecule has 0 spiro atoms. The third-order valence-electron chi connectivity index (χ3n) is 3.69. The van der Waals surface area contributed by atoms with Gasteiger partial charge in [0.2, 0.25) is 0 Å². The third-order valence-corrected chi connectivity index (χ3v) is 3.69. The lowest BCUT2D eigenvalue weighted by atomic mass is 10.1. The van der Waals surface area contributed by atoms with E-state index in [1.807, 2.05) is 54.6 Å². The van der Waals surface area contributed by atoms with E-state index >= 15 is 0 Å². The summed E-state index contributed by atoms with van der Waals surface area (Å²) in [6.45, 7) is 4.66. The highest BCUT2D eigenvalue weighted by molar-refractivity contribution is 5.94. The summed E-state index contributed by atoms with van der Waals surface area (Å²) < 4.78 is 5.69. The van der Waals surface area contributed by atoms with Crippen LogP contribution < -0.4 is 10.1 Å². The molecule has 0 saturated heterocycles. The fourth-order valence-corrected chi connectivity index (χ4v) is 2.20. The van der Waals surface area contributed by atoms with Gasteiger partial charge in [-0.05, 0) is 42.7 Å². The van der Waals surface area contributed by atoms with Gasteiger partial charge in [0.15, 0.2) is 0 Å². The van der Waals surface area contributed by atoms with Crippen LogP contribution in [0.4, 0.5) is 0 Å². The second-order valence-corrected chi connectivity index (χ2v) is 5.29. The quantitative estimate of drug-likeness (QED) is 0.832. The van der Waals surface area contributed by atoms with E-state index in [-0.39, 0.29) is 11.9 Å². The average molecular weight is 297 g/mol. The summed E-state index contributed by atoms with van der Waals surface area (Å²) in [5, 5.41) is 3.04. The number of para-hydroxylation sites is 1. The number of carbonyl (C=O) groups excluding carboxylic acids is 1. The van der Waals surface area contributed by atoms with Crippen LogP contribution in [0.15, 0.2) is 54.6 Å². The van der Waals surface area contributed by atoms with E-state index in [4.69, 9.17) is 4.74 Å². The topological polar surface area (TPSA) is 38.3 Å². The second-order valence-electron chi connectivity index (χ2n) is 5.29. The molecule has 0 radical (unpaired) electrons. The largest absolute Gasteiger partial charge is 0.489 e. The third kappa shape index (κ3) is 4.62. The lowest BCUT2D eigenvalue weighted by Crippen LogP contribution is -2.33. The van der Waals surface area contributed by atoms with Crippen LogP contribution in [-0.4, -0.2) is 11.9 Å². The van der Waals surface area contributed by atoms with Crippen molar-refractivity contribution in [3.63, 3.8) is 0 Å². The number of hydrogen-bond donors (Lipinski definition) is 1. The molecule has 116 valence electrons. The monoisotopic (exact) mass is 297 g/mol. The number of amides is 1. The van der Waals surface area contributed by atoms with E-state index in [0.717, 1.165) is 24.2 Å². The predicted molar refractivity (Wildman–Crippen MR) is 89.1 cm³/mol. The molecule has 0 fully saturated rings. The van der Waals surface area contributed by atoms with Crippen molar-refractivity contribution in [1.82, 2.24) is 5.32 Å². The summed E-state index contributed by atoms with van der Waals surface area (Å²) in [4.78, 5) is 12.1. The van der Waals surface area contributed by atoms with Crippen molar-refractivity contribution in [3.05, 3.63) is 65.7 Å². The second kappa shape index (κ2) is 8.23. The first-order chi connectivity index (χ1) is 10.7. The maximum atomic E-state index is 12.1. The fraction of sp³-hybridized carbons (Fsp3) is 0.316. The zero-order valence-electron chi connectivity index (χ0n) is 13.2. The smallest absolute Gasteiger partial charge is 0.251 e. The molecule has 0 aromatic heterocycles. The van der Waals surface area contributed by atoms with Crippen LogP contribution in [-0.2, 0) is 6.61 Å². The summed E-state index contributed by atoms with van der Waals surface area (Å²) >= 11 is 0. The van der Waals surface area contributed by atoms with Crippen LogP contribution >= 0.6 is 0 Å². The van der Waals surface area contributed by atoms with E-state index in [1.54, 1.807) is 0 Å². The van der Waals surface area contributed by atoms with Crippen LogP contribution in [0.1, 0.15) is 42.6 Å². The lowest BCUT2D eigenvalue weighted by molar-refractivity contribution is 0.0935. The molecule has 3 heteroatoms. The number of hydrogen-bond acceptors (Lipinski definition) is 2. The Morgan fingerprint density at radius 2 is 1.64 bits per heavy atom. The highest BCUT2D eigenvalue weighted by Crippen LogP contribution is 2.12. The summed E-state index contributed by atoms with van der Waals surface area (Å²) in [6.07, 6.45) is 1.90. The SMILES string of the molecule is CCC(CC)NC(=O)c1ccc(COc2ccccc2)cc1. The van der Waals surface area contributed by atoms with E-state index in [1.165, 1.54) is 0 Å². The van der Waals surface area contributed by atoms with Crippen LogP contribution in [0, 0.1) is 0 Å². The van der Waals surface area contributed by atoms with Gasteiger partial charge >= 0.3 is 0 Å². The molecule has 0 aliphatic rings. The molecule has 3 nitrogen and oxygen atoms in total. The maximum absolute atomic E-state index is 12.1. The Morgan fingerprint density at radius 1 is 1.00 bits per heavy atom. The zero-order chi connectivity index (χ0) is 15.8. The number of benzene rings is 2. The molecule has 0 unspecified atom stereocenters. The van der Waals surface area contributed by atoms with Crippen molar-refractivity contribution in [1.29, 1.82) is 0 Å². The van der Waals surface area contributed by atoms with Gasteiger partial charge in [0.25, 0.3) is 5.91 Å². The normalized spacial score (nSPS) is 10.5. The lowest BCUT2D eigenvalue weighted by Gasteiger charge is -2.14. The molecule has 2 aromatic carbocycles. The van der Waals surface area contributed by atoms with Crippen molar-refractivity contribution in [2.45, 2.75) is 39.3 Å². The summed E-state index contributed by atoms with van der Waals surface area (Å²) in [6, 6.07) is 17.5. The number of nitrogens with one attached hydrogen (secondary N) is 1. The highest BCUT2D eigenvalue weighted by atomic mass is 16.5. The number of ether oxygens (including phenoxy) is 1. The zero-order valence-corrected chi connectivity index (χ0v) is 13.2. The highest BCUT2D eigenvalue weighted by Gasteiger charge is 2.10. The van der Waals surface area contributed by atoms with E-state index in [2.05, 4.69) is 19.2 Å². The molecule has 0 heterocycles. The molecule has 1 amide bonds. The van der Waals surface area contributed by atoms with Crippen molar-refractivity contribution in [2.24, 2.45) is 0 Å². The van der Waals surface area contributed by atoms with Crippen LogP contribution in [0.5, 0.6) is 5.75 Å². The standard InChI is InChI=1S/C19H23NO2/c1-3-17(4-2)20-19(21)16-12-10-15(11-13-16)14-22-18-8-6-5-7-9-18/h5-13,17H,3-4,14H2,1-2H3,(H,20,21). The fourth-order valence-electron chi connectivity index (χ4n) is 2.20. The summed E-state index contributed by atoms with van der Waals surface area (Å²) in [5.41, 5.74) is 1.73. The van der Waals surface area contributed by atoms with Gasteiger partial charge in [0, 0.05) is 11.6 Å². The minimum absolute atomic E-state index is 0.00997. The van der Waals surface area contributed by atoms with E-state index in [9.17, 15) is 4.79 Å². The molecule has 2 aromatic rings. The van der Waals surface area contributed by atoms with Gasteiger partial charge in [-0.2, -0.15) is 0 Å². The average Bonchev–Trinajstić information content (AvgIpc) is 2.59. The Kier molecular flexibility index (Phi) is 6.01. The summed E-state index contributed by atoms with van der Waals surface area (Å²) in [7, 11) is 0. The molecule has 1 N–H and O–H groups in total. The van der Waals surface area contributed by atoms with Crippen molar-refractivity contribution in [2.75, 3.05) is 0 Å². The molecule has 0 bridgehead atoms. The molecule has 0 aliphatic carbocycles. The van der Waals surface area contributed by atoms with E-state index < -0.39 is 0 Å². The van der Waals surface area contributed by atoms with Gasteiger partial charge in [-0.1, -0.05) is 44.2 Å². The predicted octanol–water partition coefficient (Wildman–Crippen LogP) is 4.18. The van der Waals surface area contributed by atoms with Crippen molar-refractivity contribution >= 4 is 5.91 Å². The minimum atomic E-state index is -0.00997. The van der Waals surface area contributed by atoms with Crippen LogP contribution in [0.2, 0.25) is 0 Å². The van der Waals surface area contributed by atoms with Gasteiger partial charge in [0.1, 0.15) is 12.4 Å². The Morgan fingerprint density at radius 3 is 2.23 bits per heavy atom. The summed E-state index contributed by atoms with van der Waals surface area (Å²) in [5.74, 6) is 0.835. The van der Waals surface area contributed by atoms with Gasteiger partial charge in [0.05, 0.1) is 0 Å². The minimum Gasteiger partial charge on any atom is -0.489 e. The first kappa shape index (κ1) is 16.1.